The first-order chi connectivity index (χ1) is 16.0. The molecule has 0 spiro atoms. The van der Waals surface area contributed by atoms with Crippen LogP contribution in [-0.2, 0) is 0 Å². The minimum absolute atomic E-state index is 0.132. The first-order valence-corrected chi connectivity index (χ1v) is 12.2. The fourth-order valence-corrected chi connectivity index (χ4v) is 4.83. The van der Waals surface area contributed by atoms with Gasteiger partial charge in [-0.2, -0.15) is 0 Å². The molecule has 0 amide bonds. The summed E-state index contributed by atoms with van der Waals surface area (Å²) >= 11 is 9.31. The van der Waals surface area contributed by atoms with Gasteiger partial charge in [-0.05, 0) is 72.2 Å². The number of benzene rings is 2. The van der Waals surface area contributed by atoms with Crippen molar-refractivity contribution in [3.8, 4) is 11.3 Å². The lowest BCUT2D eigenvalue weighted by molar-refractivity contribution is 0.439. The van der Waals surface area contributed by atoms with Gasteiger partial charge in [-0.3, -0.25) is 4.98 Å². The lowest BCUT2D eigenvalue weighted by Crippen LogP contribution is -2.29. The first kappa shape index (κ1) is 21.9. The Hall–Kier alpha value is -2.96. The van der Waals surface area contributed by atoms with Crippen LogP contribution >= 0.6 is 28.1 Å². The Morgan fingerprint density at radius 3 is 2.39 bits per heavy atom. The summed E-state index contributed by atoms with van der Waals surface area (Å²) in [5.74, 6) is 2.13. The van der Waals surface area contributed by atoms with Crippen LogP contribution in [0.4, 0.5) is 5.69 Å². The monoisotopic (exact) mass is 517 g/mol. The van der Waals surface area contributed by atoms with Gasteiger partial charge in [-0.1, -0.05) is 60.1 Å². The van der Waals surface area contributed by atoms with Gasteiger partial charge in [0.2, 0.25) is 0 Å². The van der Waals surface area contributed by atoms with E-state index in [1.807, 2.05) is 60.8 Å². The molecule has 0 saturated carbocycles. The van der Waals surface area contributed by atoms with Crippen molar-refractivity contribution >= 4 is 38.9 Å². The number of aromatic nitrogens is 1. The van der Waals surface area contributed by atoms with Crippen molar-refractivity contribution in [1.29, 1.82) is 0 Å². The van der Waals surface area contributed by atoms with Crippen LogP contribution in [-0.4, -0.2) is 10.1 Å². The zero-order valence-corrected chi connectivity index (χ0v) is 20.8. The number of nitrogens with zero attached hydrogens (tertiary/aromatic N) is 2. The summed E-state index contributed by atoms with van der Waals surface area (Å²) in [6.07, 6.45) is 1.81. The molecule has 1 saturated heterocycles. The predicted molar refractivity (Wildman–Crippen MR) is 140 cm³/mol. The van der Waals surface area contributed by atoms with Crippen LogP contribution < -0.4 is 10.2 Å². The molecule has 1 aliphatic rings. The third-order valence-electron chi connectivity index (χ3n) is 5.98. The van der Waals surface area contributed by atoms with E-state index in [1.54, 1.807) is 0 Å². The second kappa shape index (κ2) is 9.12. The number of thiocarbonyl (C=S) groups is 1. The summed E-state index contributed by atoms with van der Waals surface area (Å²) in [6, 6.07) is 26.5. The van der Waals surface area contributed by atoms with Crippen LogP contribution in [0.15, 0.2) is 93.9 Å². The number of anilines is 1. The standard InChI is InChI=1S/C27H24BrN3OS/c1-17(2)18-8-12-21(13-9-18)31-26(25(30-27(31)33)22-5-3-4-16-29-22)24-15-14-23(32-24)19-6-10-20(28)11-7-19/h3-17,25-26H,1-2H3,(H,30,33). The van der Waals surface area contributed by atoms with Gasteiger partial charge in [-0.15, -0.1) is 0 Å². The largest absolute Gasteiger partial charge is 0.459 e. The molecule has 2 unspecified atom stereocenters. The highest BCUT2D eigenvalue weighted by molar-refractivity contribution is 9.10. The van der Waals surface area contributed by atoms with Crippen molar-refractivity contribution in [1.82, 2.24) is 10.3 Å². The van der Waals surface area contributed by atoms with E-state index in [9.17, 15) is 0 Å². The lowest BCUT2D eigenvalue weighted by Gasteiger charge is -2.26. The van der Waals surface area contributed by atoms with Crippen molar-refractivity contribution in [3.63, 3.8) is 0 Å². The Balaban J connectivity index is 1.57. The summed E-state index contributed by atoms with van der Waals surface area (Å²) in [5, 5.41) is 4.15. The molecule has 0 bridgehead atoms. The van der Waals surface area contributed by atoms with Gasteiger partial charge in [0.25, 0.3) is 0 Å². The molecule has 1 fully saturated rings. The SMILES string of the molecule is CC(C)c1ccc(N2C(=S)NC(c3ccccn3)C2c2ccc(-c3ccc(Br)cc3)o2)cc1. The number of nitrogens with one attached hydrogen (secondary N) is 1. The molecular formula is C27H24BrN3OS. The van der Waals surface area contributed by atoms with E-state index in [2.05, 4.69) is 69.2 Å². The fraction of sp³-hybridized carbons (Fsp3) is 0.185. The van der Waals surface area contributed by atoms with E-state index >= 15 is 0 Å². The first-order valence-electron chi connectivity index (χ1n) is 11.0. The van der Waals surface area contributed by atoms with Gasteiger partial charge in [0, 0.05) is 21.9 Å². The second-order valence-electron chi connectivity index (χ2n) is 8.45. The van der Waals surface area contributed by atoms with Crippen LogP contribution in [0.2, 0.25) is 0 Å². The number of pyridine rings is 1. The van der Waals surface area contributed by atoms with Gasteiger partial charge >= 0.3 is 0 Å². The molecule has 0 aliphatic carbocycles. The molecule has 3 heterocycles. The molecule has 2 aromatic carbocycles. The number of furan rings is 1. The third-order valence-corrected chi connectivity index (χ3v) is 6.83. The van der Waals surface area contributed by atoms with Gasteiger partial charge in [0.15, 0.2) is 5.11 Å². The Morgan fingerprint density at radius 2 is 1.73 bits per heavy atom. The molecule has 1 aliphatic heterocycles. The minimum Gasteiger partial charge on any atom is -0.459 e. The molecule has 4 aromatic rings. The third kappa shape index (κ3) is 4.33. The highest BCUT2D eigenvalue weighted by Gasteiger charge is 2.42. The van der Waals surface area contributed by atoms with Gasteiger partial charge in [-0.25, -0.2) is 0 Å². The maximum absolute atomic E-state index is 6.42. The van der Waals surface area contributed by atoms with Gasteiger partial charge in [0.1, 0.15) is 17.6 Å². The van der Waals surface area contributed by atoms with Crippen molar-refractivity contribution in [2.75, 3.05) is 4.90 Å². The molecule has 2 aromatic heterocycles. The molecule has 33 heavy (non-hydrogen) atoms. The van der Waals surface area contributed by atoms with Crippen molar-refractivity contribution in [2.45, 2.75) is 31.8 Å². The summed E-state index contributed by atoms with van der Waals surface area (Å²) in [4.78, 5) is 6.76. The van der Waals surface area contributed by atoms with Crippen molar-refractivity contribution in [3.05, 3.63) is 107 Å². The Bertz CT molecular complexity index is 1250. The van der Waals surface area contributed by atoms with Crippen molar-refractivity contribution in [2.24, 2.45) is 0 Å². The lowest BCUT2D eigenvalue weighted by atomic mass is 10.0. The molecule has 1 N–H and O–H groups in total. The van der Waals surface area contributed by atoms with Crippen LogP contribution in [0, 0.1) is 0 Å². The molecule has 166 valence electrons. The number of hydrogen-bond acceptors (Lipinski definition) is 3. The fourth-order valence-electron chi connectivity index (χ4n) is 4.22. The average molecular weight is 518 g/mol. The summed E-state index contributed by atoms with van der Waals surface area (Å²) in [5.41, 5.74) is 4.28. The van der Waals surface area contributed by atoms with E-state index in [4.69, 9.17) is 16.6 Å². The molecule has 6 heteroatoms. The van der Waals surface area contributed by atoms with Crippen LogP contribution in [0.1, 0.15) is 48.9 Å². The van der Waals surface area contributed by atoms with Gasteiger partial charge < -0.3 is 14.6 Å². The summed E-state index contributed by atoms with van der Waals surface area (Å²) in [6.45, 7) is 4.40. The van der Waals surface area contributed by atoms with Crippen LogP contribution in [0.3, 0.4) is 0 Å². The quantitative estimate of drug-likeness (QED) is 0.279. The van der Waals surface area contributed by atoms with Crippen molar-refractivity contribution < 1.29 is 4.42 Å². The highest BCUT2D eigenvalue weighted by Crippen LogP contribution is 2.43. The topological polar surface area (TPSA) is 41.3 Å². The zero-order chi connectivity index (χ0) is 22.9. The molecule has 2 atom stereocenters. The maximum Gasteiger partial charge on any atom is 0.174 e. The summed E-state index contributed by atoms with van der Waals surface area (Å²) in [7, 11) is 0. The molecule has 0 radical (unpaired) electrons. The molecular weight excluding hydrogens is 494 g/mol. The Labute approximate surface area is 207 Å². The normalized spacial score (nSPS) is 18.1. The maximum atomic E-state index is 6.42. The van der Waals surface area contributed by atoms with E-state index < -0.39 is 0 Å². The zero-order valence-electron chi connectivity index (χ0n) is 18.4. The Kier molecular flexibility index (Phi) is 6.04. The second-order valence-corrected chi connectivity index (χ2v) is 9.75. The van der Waals surface area contributed by atoms with E-state index in [0.717, 1.165) is 32.9 Å². The van der Waals surface area contributed by atoms with E-state index in [0.29, 0.717) is 11.0 Å². The van der Waals surface area contributed by atoms with E-state index in [-0.39, 0.29) is 12.1 Å². The Morgan fingerprint density at radius 1 is 0.970 bits per heavy atom. The van der Waals surface area contributed by atoms with Crippen LogP contribution in [0.25, 0.3) is 11.3 Å². The van der Waals surface area contributed by atoms with E-state index in [1.165, 1.54) is 5.56 Å². The van der Waals surface area contributed by atoms with Gasteiger partial charge in [0.05, 0.1) is 11.7 Å². The highest BCUT2D eigenvalue weighted by atomic mass is 79.9. The smallest absolute Gasteiger partial charge is 0.174 e. The average Bonchev–Trinajstić information content (AvgIpc) is 3.45. The van der Waals surface area contributed by atoms with Crippen LogP contribution in [0.5, 0.6) is 0 Å². The predicted octanol–water partition coefficient (Wildman–Crippen LogP) is 7.40. The minimum atomic E-state index is -0.165. The molecule has 5 rings (SSSR count). The summed E-state index contributed by atoms with van der Waals surface area (Å²) < 4.78 is 7.46. The molecule has 4 nitrogen and oxygen atoms in total. The number of halogens is 1. The number of hydrogen-bond donors (Lipinski definition) is 1. The number of rotatable bonds is 5.